The second kappa shape index (κ2) is 4.69. The van der Waals surface area contributed by atoms with Crippen LogP contribution < -0.4 is 5.46 Å². The van der Waals surface area contributed by atoms with Crippen molar-refractivity contribution in [3.8, 4) is 0 Å². The van der Waals surface area contributed by atoms with Crippen molar-refractivity contribution in [3.63, 3.8) is 0 Å². The highest BCUT2D eigenvalue weighted by atomic mass is 14.8. The molecule has 2 heterocycles. The molecule has 2 aromatic heterocycles. The summed E-state index contributed by atoms with van der Waals surface area (Å²) < 4.78 is 0. The molecule has 0 bridgehead atoms. The average Bonchev–Trinajstić information content (AvgIpc) is 2.83. The minimum Gasteiger partial charge on any atom is -0.346 e. The van der Waals surface area contributed by atoms with Gasteiger partial charge in [0.05, 0.1) is 0 Å². The third-order valence-electron chi connectivity index (χ3n) is 3.36. The minimum absolute atomic E-state index is 0.954. The largest absolute Gasteiger partial charge is 0.346 e. The first-order chi connectivity index (χ1) is 8.86. The second-order valence-electron chi connectivity index (χ2n) is 4.56. The van der Waals surface area contributed by atoms with Gasteiger partial charge in [-0.25, -0.2) is 4.98 Å². The van der Waals surface area contributed by atoms with Crippen LogP contribution in [0.1, 0.15) is 11.1 Å². The highest BCUT2D eigenvalue weighted by molar-refractivity contribution is 6.51. The number of aromatic amines is 1. The summed E-state index contributed by atoms with van der Waals surface area (Å²) in [5.74, 6) is 0. The molecule has 18 heavy (non-hydrogen) atoms. The van der Waals surface area contributed by atoms with E-state index in [1.54, 1.807) is 0 Å². The normalized spacial score (nSPS) is 10.7. The number of hydrogen-bond acceptors (Lipinski definition) is 1. The second-order valence-corrected chi connectivity index (χ2v) is 4.56. The van der Waals surface area contributed by atoms with Gasteiger partial charge in [-0.05, 0) is 29.7 Å². The number of hydrogen-bond donors (Lipinski definition) is 1. The SMILES string of the molecule is CBc1ccc(Cc2c[nH]c3ncccc23)cc1. The number of pyridine rings is 1. The molecular formula is C15H15BN2. The molecule has 0 aliphatic carbocycles. The topological polar surface area (TPSA) is 28.7 Å². The van der Waals surface area contributed by atoms with Crippen LogP contribution in [0.5, 0.6) is 0 Å². The molecule has 1 N–H and O–H groups in total. The molecule has 0 aliphatic heterocycles. The Bertz CT molecular complexity index is 656. The Morgan fingerprint density at radius 2 is 2.00 bits per heavy atom. The third-order valence-corrected chi connectivity index (χ3v) is 3.36. The smallest absolute Gasteiger partial charge is 0.154 e. The van der Waals surface area contributed by atoms with Crippen molar-refractivity contribution in [2.24, 2.45) is 0 Å². The van der Waals surface area contributed by atoms with Crippen molar-refractivity contribution >= 4 is 23.8 Å². The standard InChI is InChI=1S/C15H15BN2/c1-16-13-6-4-11(5-7-13)9-12-10-18-15-14(12)3-2-8-17-15/h2-8,10,16H,9H2,1H3,(H,17,18). The maximum atomic E-state index is 4.32. The first-order valence-electron chi connectivity index (χ1n) is 6.35. The molecule has 0 aliphatic rings. The lowest BCUT2D eigenvalue weighted by molar-refractivity contribution is 1.21. The molecule has 3 aromatic rings. The van der Waals surface area contributed by atoms with Crippen LogP contribution in [0, 0.1) is 0 Å². The first-order valence-corrected chi connectivity index (χ1v) is 6.35. The fraction of sp³-hybridized carbons (Fsp3) is 0.133. The van der Waals surface area contributed by atoms with Gasteiger partial charge in [0, 0.05) is 17.8 Å². The van der Waals surface area contributed by atoms with E-state index in [0.29, 0.717) is 0 Å². The predicted molar refractivity (Wildman–Crippen MR) is 78.0 cm³/mol. The number of nitrogens with zero attached hydrogens (tertiary/aromatic N) is 1. The maximum Gasteiger partial charge on any atom is 0.154 e. The predicted octanol–water partition coefficient (Wildman–Crippen LogP) is 2.26. The molecule has 0 spiro atoms. The van der Waals surface area contributed by atoms with E-state index in [9.17, 15) is 0 Å². The lowest BCUT2D eigenvalue weighted by Gasteiger charge is -2.02. The lowest BCUT2D eigenvalue weighted by Crippen LogP contribution is -2.09. The van der Waals surface area contributed by atoms with Gasteiger partial charge in [-0.15, -0.1) is 0 Å². The van der Waals surface area contributed by atoms with E-state index in [1.807, 2.05) is 12.3 Å². The van der Waals surface area contributed by atoms with Gasteiger partial charge in [0.1, 0.15) is 5.65 Å². The van der Waals surface area contributed by atoms with Crippen LogP contribution in [0.4, 0.5) is 0 Å². The van der Waals surface area contributed by atoms with Crippen molar-refractivity contribution in [1.29, 1.82) is 0 Å². The van der Waals surface area contributed by atoms with Crippen molar-refractivity contribution < 1.29 is 0 Å². The molecule has 0 radical (unpaired) electrons. The van der Waals surface area contributed by atoms with Gasteiger partial charge in [0.25, 0.3) is 0 Å². The molecule has 0 saturated carbocycles. The van der Waals surface area contributed by atoms with Gasteiger partial charge >= 0.3 is 0 Å². The van der Waals surface area contributed by atoms with Crippen LogP contribution in [0.25, 0.3) is 11.0 Å². The van der Waals surface area contributed by atoms with Crippen molar-refractivity contribution in [3.05, 3.63) is 59.9 Å². The van der Waals surface area contributed by atoms with E-state index >= 15 is 0 Å². The van der Waals surface area contributed by atoms with Gasteiger partial charge < -0.3 is 4.98 Å². The minimum atomic E-state index is 0.954. The number of rotatable bonds is 3. The number of nitrogens with one attached hydrogen (secondary N) is 1. The monoisotopic (exact) mass is 234 g/mol. The molecule has 0 fully saturated rings. The van der Waals surface area contributed by atoms with E-state index in [-0.39, 0.29) is 0 Å². The van der Waals surface area contributed by atoms with Gasteiger partial charge in [-0.2, -0.15) is 0 Å². The molecule has 3 rings (SSSR count). The van der Waals surface area contributed by atoms with E-state index < -0.39 is 0 Å². The van der Waals surface area contributed by atoms with Crippen LogP contribution >= 0.6 is 0 Å². The van der Waals surface area contributed by atoms with Crippen molar-refractivity contribution in [2.75, 3.05) is 0 Å². The van der Waals surface area contributed by atoms with Crippen molar-refractivity contribution in [1.82, 2.24) is 9.97 Å². The van der Waals surface area contributed by atoms with E-state index in [0.717, 1.165) is 19.3 Å². The molecule has 3 heteroatoms. The fourth-order valence-corrected chi connectivity index (χ4v) is 2.27. The summed E-state index contributed by atoms with van der Waals surface area (Å²) in [6.07, 6.45) is 4.83. The van der Waals surface area contributed by atoms with Gasteiger partial charge in [0.15, 0.2) is 7.28 Å². The van der Waals surface area contributed by atoms with Crippen molar-refractivity contribution in [2.45, 2.75) is 13.2 Å². The number of aromatic nitrogens is 2. The van der Waals surface area contributed by atoms with Crippen LogP contribution in [-0.4, -0.2) is 17.2 Å². The summed E-state index contributed by atoms with van der Waals surface area (Å²) >= 11 is 0. The number of H-pyrrole nitrogens is 1. The molecule has 88 valence electrons. The fourth-order valence-electron chi connectivity index (χ4n) is 2.27. The lowest BCUT2D eigenvalue weighted by atomic mass is 9.73. The highest BCUT2D eigenvalue weighted by Crippen LogP contribution is 2.18. The Morgan fingerprint density at radius 1 is 1.17 bits per heavy atom. The van der Waals surface area contributed by atoms with E-state index in [1.165, 1.54) is 22.0 Å². The third kappa shape index (κ3) is 2.04. The zero-order chi connectivity index (χ0) is 12.4. The Balaban J connectivity index is 1.91. The first kappa shape index (κ1) is 11.1. The number of benzene rings is 1. The van der Waals surface area contributed by atoms with Crippen LogP contribution in [0.3, 0.4) is 0 Å². The Hall–Kier alpha value is -2.03. The summed E-state index contributed by atoms with van der Waals surface area (Å²) in [4.78, 5) is 7.54. The van der Waals surface area contributed by atoms with Gasteiger partial charge in [0.2, 0.25) is 0 Å². The highest BCUT2D eigenvalue weighted by Gasteiger charge is 2.04. The molecule has 1 aromatic carbocycles. The molecule has 0 amide bonds. The molecule has 0 unspecified atom stereocenters. The Labute approximate surface area is 107 Å². The number of fused-ring (bicyclic) bond motifs is 1. The van der Waals surface area contributed by atoms with Crippen LogP contribution in [0.15, 0.2) is 48.8 Å². The zero-order valence-electron chi connectivity index (χ0n) is 10.5. The zero-order valence-corrected chi connectivity index (χ0v) is 10.5. The summed E-state index contributed by atoms with van der Waals surface area (Å²) in [6.45, 7) is 2.18. The summed E-state index contributed by atoms with van der Waals surface area (Å²) in [6, 6.07) is 13.0. The van der Waals surface area contributed by atoms with E-state index in [2.05, 4.69) is 53.3 Å². The van der Waals surface area contributed by atoms with Gasteiger partial charge in [-0.1, -0.05) is 36.6 Å². The molecule has 0 saturated heterocycles. The summed E-state index contributed by atoms with van der Waals surface area (Å²) in [5.41, 5.74) is 5.01. The Morgan fingerprint density at radius 3 is 2.78 bits per heavy atom. The van der Waals surface area contributed by atoms with E-state index in [4.69, 9.17) is 0 Å². The molecule has 2 nitrogen and oxygen atoms in total. The quantitative estimate of drug-likeness (QED) is 0.692. The average molecular weight is 234 g/mol. The summed E-state index contributed by atoms with van der Waals surface area (Å²) in [7, 11) is 1.09. The van der Waals surface area contributed by atoms with Gasteiger partial charge in [-0.3, -0.25) is 0 Å². The molecular weight excluding hydrogens is 219 g/mol. The molecule has 0 atom stereocenters. The summed E-state index contributed by atoms with van der Waals surface area (Å²) in [5, 5.41) is 1.22. The Kier molecular flexibility index (Phi) is 2.89. The van der Waals surface area contributed by atoms with Crippen LogP contribution in [-0.2, 0) is 6.42 Å². The van der Waals surface area contributed by atoms with Crippen LogP contribution in [0.2, 0.25) is 6.82 Å². The maximum absolute atomic E-state index is 4.32.